The van der Waals surface area contributed by atoms with Crippen molar-refractivity contribution in [3.63, 3.8) is 0 Å². The molecule has 0 N–H and O–H groups in total. The van der Waals surface area contributed by atoms with Gasteiger partial charge in [-0.1, -0.05) is 25.1 Å². The van der Waals surface area contributed by atoms with Crippen LogP contribution in [0.15, 0.2) is 24.3 Å². The summed E-state index contributed by atoms with van der Waals surface area (Å²) in [5, 5.41) is 6.10. The van der Waals surface area contributed by atoms with Gasteiger partial charge in [-0.2, -0.15) is 5.10 Å². The van der Waals surface area contributed by atoms with Gasteiger partial charge in [-0.15, -0.1) is 0 Å². The van der Waals surface area contributed by atoms with E-state index >= 15 is 0 Å². The van der Waals surface area contributed by atoms with Gasteiger partial charge in [0.05, 0.1) is 17.3 Å². The lowest BCUT2D eigenvalue weighted by atomic mass is 9.98. The minimum atomic E-state index is 0.521. The summed E-state index contributed by atoms with van der Waals surface area (Å²) in [5.41, 5.74) is 2.42. The minimum Gasteiger partial charge on any atom is -0.378 e. The number of hydrogen-bond donors (Lipinski definition) is 0. The van der Waals surface area contributed by atoms with Gasteiger partial charge in [0, 0.05) is 37.2 Å². The maximum Gasteiger partial charge on any atom is 0.0685 e. The molecule has 4 heteroatoms. The van der Waals surface area contributed by atoms with Gasteiger partial charge in [0.1, 0.15) is 0 Å². The Morgan fingerprint density at radius 3 is 2.56 bits per heavy atom. The molecule has 0 spiro atoms. The van der Waals surface area contributed by atoms with Gasteiger partial charge in [-0.25, -0.2) is 0 Å². The molecule has 1 aromatic heterocycles. The number of para-hydroxylation sites is 1. The van der Waals surface area contributed by atoms with Crippen LogP contribution in [0.2, 0.25) is 0 Å². The van der Waals surface area contributed by atoms with Gasteiger partial charge in [0.25, 0.3) is 0 Å². The van der Waals surface area contributed by atoms with E-state index in [0.717, 1.165) is 36.8 Å². The van der Waals surface area contributed by atoms with Crippen molar-refractivity contribution >= 4 is 10.9 Å². The van der Waals surface area contributed by atoms with E-state index < -0.39 is 0 Å². The molecular weight excluding hydrogens is 334 g/mol. The van der Waals surface area contributed by atoms with Crippen LogP contribution in [0.1, 0.15) is 51.1 Å². The second-order valence-corrected chi connectivity index (χ2v) is 9.34. The Balaban J connectivity index is 1.20. The van der Waals surface area contributed by atoms with Crippen LogP contribution in [0.4, 0.5) is 0 Å². The summed E-state index contributed by atoms with van der Waals surface area (Å²) in [6.45, 7) is 7.73. The summed E-state index contributed by atoms with van der Waals surface area (Å²) in [7, 11) is 0. The molecular formula is C23H33N3O. The average Bonchev–Trinajstić information content (AvgIpc) is 3.41. The second-order valence-electron chi connectivity index (χ2n) is 9.34. The molecule has 0 amide bonds. The fourth-order valence-electron chi connectivity index (χ4n) is 5.36. The molecule has 2 aromatic rings. The quantitative estimate of drug-likeness (QED) is 0.726. The highest BCUT2D eigenvalue weighted by atomic mass is 16.5. The van der Waals surface area contributed by atoms with E-state index in [9.17, 15) is 0 Å². The van der Waals surface area contributed by atoms with E-state index in [1.165, 1.54) is 56.0 Å². The maximum absolute atomic E-state index is 6.25. The third-order valence-electron chi connectivity index (χ3n) is 6.96. The monoisotopic (exact) mass is 367 g/mol. The van der Waals surface area contributed by atoms with Crippen molar-refractivity contribution in [3.8, 4) is 0 Å². The molecule has 146 valence electrons. The number of hydrogen-bond acceptors (Lipinski definition) is 3. The van der Waals surface area contributed by atoms with Crippen LogP contribution < -0.4 is 0 Å². The van der Waals surface area contributed by atoms with Gasteiger partial charge >= 0.3 is 0 Å². The molecule has 2 bridgehead atoms. The second kappa shape index (κ2) is 7.21. The smallest absolute Gasteiger partial charge is 0.0685 e. The summed E-state index contributed by atoms with van der Waals surface area (Å²) in [4.78, 5) is 2.81. The van der Waals surface area contributed by atoms with Crippen LogP contribution in [0, 0.1) is 18.8 Å². The average molecular weight is 368 g/mol. The molecule has 1 unspecified atom stereocenters. The first-order valence-corrected chi connectivity index (χ1v) is 11.0. The molecule has 1 aromatic carbocycles. The molecule has 0 radical (unpaired) electrons. The Hall–Kier alpha value is -1.39. The Labute approximate surface area is 162 Å². The number of nitrogens with zero attached hydrogens (tertiary/aromatic N) is 3. The van der Waals surface area contributed by atoms with Gasteiger partial charge < -0.3 is 4.74 Å². The molecule has 3 fully saturated rings. The molecule has 4 nitrogen and oxygen atoms in total. The molecule has 27 heavy (non-hydrogen) atoms. The van der Waals surface area contributed by atoms with Crippen molar-refractivity contribution in [3.05, 3.63) is 30.0 Å². The number of piperidine rings is 1. The fourth-order valence-corrected chi connectivity index (χ4v) is 5.36. The lowest BCUT2D eigenvalue weighted by Crippen LogP contribution is -2.47. The minimum absolute atomic E-state index is 0.521. The van der Waals surface area contributed by atoms with Crippen LogP contribution in [0.5, 0.6) is 0 Å². The van der Waals surface area contributed by atoms with Crippen molar-refractivity contribution in [2.75, 3.05) is 13.2 Å². The summed E-state index contributed by atoms with van der Waals surface area (Å²) < 4.78 is 8.47. The van der Waals surface area contributed by atoms with Crippen LogP contribution in [-0.4, -0.2) is 46.0 Å². The van der Waals surface area contributed by atoms with E-state index in [-0.39, 0.29) is 0 Å². The van der Waals surface area contributed by atoms with Gasteiger partial charge in [0.15, 0.2) is 0 Å². The molecule has 1 saturated carbocycles. The van der Waals surface area contributed by atoms with Crippen LogP contribution in [0.25, 0.3) is 10.9 Å². The molecule has 1 aliphatic carbocycles. The number of benzene rings is 1. The fraction of sp³-hybridized carbons (Fsp3) is 0.696. The molecule has 3 aliphatic rings. The third-order valence-corrected chi connectivity index (χ3v) is 6.96. The number of aromatic nitrogens is 2. The first-order valence-electron chi connectivity index (χ1n) is 11.0. The van der Waals surface area contributed by atoms with Gasteiger partial charge in [0.2, 0.25) is 0 Å². The zero-order valence-corrected chi connectivity index (χ0v) is 16.8. The predicted octanol–water partition coefficient (Wildman–Crippen LogP) is 4.40. The summed E-state index contributed by atoms with van der Waals surface area (Å²) in [6, 6.07) is 10.1. The number of aryl methyl sites for hydroxylation is 1. The highest BCUT2D eigenvalue weighted by Gasteiger charge is 2.41. The van der Waals surface area contributed by atoms with Crippen molar-refractivity contribution in [1.82, 2.24) is 14.7 Å². The molecule has 3 heterocycles. The molecule has 2 saturated heterocycles. The summed E-state index contributed by atoms with van der Waals surface area (Å²) >= 11 is 0. The zero-order valence-electron chi connectivity index (χ0n) is 16.8. The highest BCUT2D eigenvalue weighted by molar-refractivity contribution is 5.81. The van der Waals surface area contributed by atoms with E-state index in [4.69, 9.17) is 9.84 Å². The van der Waals surface area contributed by atoms with E-state index in [0.29, 0.717) is 12.0 Å². The highest BCUT2D eigenvalue weighted by Crippen LogP contribution is 2.38. The Morgan fingerprint density at radius 1 is 1.07 bits per heavy atom. The number of fused-ring (bicyclic) bond motifs is 3. The largest absolute Gasteiger partial charge is 0.378 e. The summed E-state index contributed by atoms with van der Waals surface area (Å²) in [6.07, 6.45) is 8.54. The topological polar surface area (TPSA) is 30.3 Å². The lowest BCUT2D eigenvalue weighted by Gasteiger charge is -2.40. The first kappa shape index (κ1) is 17.7. The molecule has 4 atom stereocenters. The van der Waals surface area contributed by atoms with Crippen LogP contribution >= 0.6 is 0 Å². The van der Waals surface area contributed by atoms with E-state index in [2.05, 4.69) is 47.7 Å². The van der Waals surface area contributed by atoms with Crippen molar-refractivity contribution in [2.45, 2.75) is 77.1 Å². The Morgan fingerprint density at radius 2 is 1.81 bits per heavy atom. The predicted molar refractivity (Wildman–Crippen MR) is 109 cm³/mol. The van der Waals surface area contributed by atoms with Gasteiger partial charge in [-0.3, -0.25) is 9.58 Å². The zero-order chi connectivity index (χ0) is 18.4. The van der Waals surface area contributed by atoms with Crippen LogP contribution in [0.3, 0.4) is 0 Å². The van der Waals surface area contributed by atoms with Crippen molar-refractivity contribution in [1.29, 1.82) is 0 Å². The SMILES string of the molecule is Cc1nn(C[C@H](C)CN2[C@@H]3CC[C@H]2CC(OCC2CC2)C3)c2ccccc12. The Kier molecular flexibility index (Phi) is 4.73. The van der Waals surface area contributed by atoms with Crippen LogP contribution in [-0.2, 0) is 11.3 Å². The van der Waals surface area contributed by atoms with Crippen molar-refractivity contribution < 1.29 is 4.74 Å². The van der Waals surface area contributed by atoms with E-state index in [1.54, 1.807) is 0 Å². The van der Waals surface area contributed by atoms with Gasteiger partial charge in [-0.05, 0) is 63.4 Å². The molecule has 5 rings (SSSR count). The third kappa shape index (κ3) is 3.66. The molecule has 2 aliphatic heterocycles. The standard InChI is InChI=1S/C23H33N3O/c1-16(14-26-23-6-4-3-5-22(23)17(2)24-26)13-25-19-9-10-20(25)12-21(11-19)27-15-18-7-8-18/h3-6,16,18-21H,7-15H2,1-2H3/t16-,19-,20+,21?/m1/s1. The number of ether oxygens (including phenoxy) is 1. The van der Waals surface area contributed by atoms with Crippen molar-refractivity contribution in [2.24, 2.45) is 11.8 Å². The normalized spacial score (nSPS) is 29.5. The van der Waals surface area contributed by atoms with E-state index in [1.807, 2.05) is 0 Å². The Bertz CT molecular complexity index is 782. The first-order chi connectivity index (χ1) is 13.2. The number of rotatable bonds is 7. The maximum atomic E-state index is 6.25. The lowest BCUT2D eigenvalue weighted by molar-refractivity contribution is -0.0276. The summed E-state index contributed by atoms with van der Waals surface area (Å²) in [5.74, 6) is 1.49.